The molecule has 3 rings (SSSR count). The molecule has 9 nitrogen and oxygen atoms in total. The number of aromatic nitrogens is 4. The molecule has 0 amide bonds. The van der Waals surface area contributed by atoms with Gasteiger partial charge in [-0.2, -0.15) is 0 Å². The Labute approximate surface area is 133 Å². The highest BCUT2D eigenvalue weighted by molar-refractivity contribution is 7.51. The second-order valence-corrected chi connectivity index (χ2v) is 7.32. The van der Waals surface area contributed by atoms with Gasteiger partial charge >= 0.3 is 7.60 Å². The molecule has 0 bridgehead atoms. The molecule has 1 aliphatic heterocycles. The largest absolute Gasteiger partial charge is 0.364 e. The average Bonchev–Trinajstić information content (AvgIpc) is 3.14. The standard InChI is InChI=1S/C13H20N5O4P/c1-10(22-9-23(19,20)21)6-18-8-16-11-12(14-7-15-13(11)18)17-4-2-3-5-17/h7-8,10H,2-6,9H2,1H3,(H2,19,20,21)/t10-/m0/s1. The van der Waals surface area contributed by atoms with E-state index in [1.165, 1.54) is 6.33 Å². The lowest BCUT2D eigenvalue weighted by molar-refractivity contribution is 0.0764. The fourth-order valence-electron chi connectivity index (χ4n) is 2.72. The van der Waals surface area contributed by atoms with Crippen molar-refractivity contribution in [2.24, 2.45) is 0 Å². The summed E-state index contributed by atoms with van der Waals surface area (Å²) < 4.78 is 17.9. The van der Waals surface area contributed by atoms with Crippen LogP contribution in [0.1, 0.15) is 19.8 Å². The van der Waals surface area contributed by atoms with Gasteiger partial charge in [0.1, 0.15) is 12.7 Å². The predicted molar refractivity (Wildman–Crippen MR) is 84.2 cm³/mol. The van der Waals surface area contributed by atoms with Crippen molar-refractivity contribution in [1.29, 1.82) is 0 Å². The van der Waals surface area contributed by atoms with Gasteiger partial charge in [-0.25, -0.2) is 15.0 Å². The highest BCUT2D eigenvalue weighted by Crippen LogP contribution is 2.34. The van der Waals surface area contributed by atoms with Crippen LogP contribution in [0, 0.1) is 0 Å². The summed E-state index contributed by atoms with van der Waals surface area (Å²) in [5.41, 5.74) is 1.45. The summed E-state index contributed by atoms with van der Waals surface area (Å²) in [5, 5.41) is 0. The molecule has 0 spiro atoms. The van der Waals surface area contributed by atoms with Gasteiger partial charge in [-0.3, -0.25) is 4.57 Å². The van der Waals surface area contributed by atoms with E-state index < -0.39 is 13.9 Å². The summed E-state index contributed by atoms with van der Waals surface area (Å²) in [5.74, 6) is 0.843. The van der Waals surface area contributed by atoms with Crippen LogP contribution in [0.4, 0.5) is 5.82 Å². The molecule has 0 saturated carbocycles. The summed E-state index contributed by atoms with van der Waals surface area (Å²) >= 11 is 0. The van der Waals surface area contributed by atoms with E-state index in [1.54, 1.807) is 13.3 Å². The minimum atomic E-state index is -4.16. The smallest absolute Gasteiger partial charge is 0.350 e. The first kappa shape index (κ1) is 16.3. The van der Waals surface area contributed by atoms with Gasteiger partial charge in [0.25, 0.3) is 0 Å². The molecule has 1 atom stereocenters. The summed E-state index contributed by atoms with van der Waals surface area (Å²) in [6.45, 7) is 4.11. The molecule has 0 radical (unpaired) electrons. The van der Waals surface area contributed by atoms with Crippen molar-refractivity contribution >= 4 is 24.6 Å². The maximum atomic E-state index is 10.9. The Hall–Kier alpha value is -1.54. The highest BCUT2D eigenvalue weighted by atomic mass is 31.2. The number of hydrogen-bond donors (Lipinski definition) is 2. The van der Waals surface area contributed by atoms with Crippen molar-refractivity contribution in [1.82, 2.24) is 19.5 Å². The Morgan fingerprint density at radius 1 is 1.30 bits per heavy atom. The third-order valence-corrected chi connectivity index (χ3v) is 4.25. The molecule has 1 fully saturated rings. The third kappa shape index (κ3) is 3.87. The minimum absolute atomic E-state index is 0.370. The Morgan fingerprint density at radius 3 is 2.74 bits per heavy atom. The Bertz CT molecular complexity index is 724. The van der Waals surface area contributed by atoms with Crippen LogP contribution in [0.3, 0.4) is 0 Å². The zero-order chi connectivity index (χ0) is 16.4. The molecule has 0 aromatic carbocycles. The van der Waals surface area contributed by atoms with Gasteiger partial charge in [0.2, 0.25) is 0 Å². The average molecular weight is 341 g/mol. The molecule has 1 aliphatic rings. The second kappa shape index (κ2) is 6.52. The topological polar surface area (TPSA) is 114 Å². The van der Waals surface area contributed by atoms with E-state index in [0.717, 1.165) is 37.3 Å². The van der Waals surface area contributed by atoms with Crippen LogP contribution in [0.25, 0.3) is 11.2 Å². The fourth-order valence-corrected chi connectivity index (χ4v) is 3.16. The molecule has 2 aromatic rings. The maximum absolute atomic E-state index is 10.9. The quantitative estimate of drug-likeness (QED) is 0.747. The monoisotopic (exact) mass is 341 g/mol. The Morgan fingerprint density at radius 2 is 2.04 bits per heavy atom. The van der Waals surface area contributed by atoms with Crippen molar-refractivity contribution in [2.45, 2.75) is 32.4 Å². The van der Waals surface area contributed by atoms with Crippen LogP contribution in [0.2, 0.25) is 0 Å². The first-order valence-corrected chi connectivity index (χ1v) is 9.31. The first-order valence-electron chi connectivity index (χ1n) is 7.51. The van der Waals surface area contributed by atoms with Gasteiger partial charge in [0, 0.05) is 13.1 Å². The van der Waals surface area contributed by atoms with E-state index in [1.807, 2.05) is 4.57 Å². The van der Waals surface area contributed by atoms with Crippen LogP contribution in [0.5, 0.6) is 0 Å². The second-order valence-electron chi connectivity index (χ2n) is 5.73. The zero-order valence-electron chi connectivity index (χ0n) is 12.9. The normalized spacial score (nSPS) is 17.1. The van der Waals surface area contributed by atoms with Crippen molar-refractivity contribution < 1.29 is 19.1 Å². The molecule has 0 aliphatic carbocycles. The predicted octanol–water partition coefficient (Wildman–Crippen LogP) is 0.967. The van der Waals surface area contributed by atoms with Crippen molar-refractivity contribution in [2.75, 3.05) is 24.3 Å². The summed E-state index contributed by atoms with van der Waals surface area (Å²) in [7, 11) is -4.16. The van der Waals surface area contributed by atoms with Crippen LogP contribution >= 0.6 is 7.60 Å². The number of rotatable bonds is 6. The summed E-state index contributed by atoms with van der Waals surface area (Å²) in [4.78, 5) is 33.0. The van der Waals surface area contributed by atoms with Crippen molar-refractivity contribution in [3.63, 3.8) is 0 Å². The molecule has 2 aromatic heterocycles. The maximum Gasteiger partial charge on any atom is 0.350 e. The van der Waals surface area contributed by atoms with Gasteiger partial charge in [-0.1, -0.05) is 0 Å². The lowest BCUT2D eigenvalue weighted by Crippen LogP contribution is -2.20. The number of ether oxygens (including phenoxy) is 1. The minimum Gasteiger partial charge on any atom is -0.364 e. The van der Waals surface area contributed by atoms with Gasteiger partial charge in [-0.15, -0.1) is 0 Å². The molecule has 1 saturated heterocycles. The highest BCUT2D eigenvalue weighted by Gasteiger charge is 2.20. The van der Waals surface area contributed by atoms with E-state index in [-0.39, 0.29) is 6.10 Å². The molecule has 10 heteroatoms. The van der Waals surface area contributed by atoms with Crippen molar-refractivity contribution in [3.05, 3.63) is 12.7 Å². The van der Waals surface area contributed by atoms with E-state index in [0.29, 0.717) is 12.2 Å². The van der Waals surface area contributed by atoms with Gasteiger partial charge in [-0.05, 0) is 19.8 Å². The van der Waals surface area contributed by atoms with Gasteiger partial charge < -0.3 is 24.0 Å². The molecular formula is C13H20N5O4P. The van der Waals surface area contributed by atoms with E-state index in [9.17, 15) is 4.57 Å². The molecule has 23 heavy (non-hydrogen) atoms. The summed E-state index contributed by atoms with van der Waals surface area (Å²) in [6, 6.07) is 0. The van der Waals surface area contributed by atoms with Crippen LogP contribution in [-0.2, 0) is 15.8 Å². The lowest BCUT2D eigenvalue weighted by Gasteiger charge is -2.17. The van der Waals surface area contributed by atoms with Crippen molar-refractivity contribution in [3.8, 4) is 0 Å². The van der Waals surface area contributed by atoms with Crippen LogP contribution in [-0.4, -0.2) is 54.8 Å². The zero-order valence-corrected chi connectivity index (χ0v) is 13.8. The molecule has 126 valence electrons. The van der Waals surface area contributed by atoms with Crippen LogP contribution in [0.15, 0.2) is 12.7 Å². The third-order valence-electron chi connectivity index (χ3n) is 3.77. The Kier molecular flexibility index (Phi) is 4.63. The molecule has 0 unspecified atom stereocenters. The fraction of sp³-hybridized carbons (Fsp3) is 0.615. The molecular weight excluding hydrogens is 321 g/mol. The first-order chi connectivity index (χ1) is 10.9. The SMILES string of the molecule is C[C@@H](Cn1cnc2c(N3CCCC3)ncnc21)OCP(=O)(O)O. The number of hydrogen-bond acceptors (Lipinski definition) is 6. The summed E-state index contributed by atoms with van der Waals surface area (Å²) in [6.07, 6.45) is 4.53. The van der Waals surface area contributed by atoms with E-state index >= 15 is 0 Å². The number of fused-ring (bicyclic) bond motifs is 1. The van der Waals surface area contributed by atoms with E-state index in [4.69, 9.17) is 14.5 Å². The number of anilines is 1. The van der Waals surface area contributed by atoms with E-state index in [2.05, 4.69) is 19.9 Å². The number of imidazole rings is 1. The lowest BCUT2D eigenvalue weighted by atomic mass is 10.4. The molecule has 2 N–H and O–H groups in total. The van der Waals surface area contributed by atoms with Gasteiger partial charge in [0.05, 0.1) is 19.0 Å². The van der Waals surface area contributed by atoms with Crippen LogP contribution < -0.4 is 4.90 Å². The number of nitrogens with zero attached hydrogens (tertiary/aromatic N) is 5. The molecule has 3 heterocycles. The van der Waals surface area contributed by atoms with Gasteiger partial charge in [0.15, 0.2) is 17.0 Å². The Balaban J connectivity index is 1.77.